The Hall–Kier alpha value is -1.81. The van der Waals surface area contributed by atoms with E-state index in [0.29, 0.717) is 0 Å². The fraction of sp³-hybridized carbons (Fsp3) is 0.250. The monoisotopic (exact) mass is 373 g/mol. The number of pyridine rings is 1. The molecule has 1 aliphatic heterocycles. The van der Waals surface area contributed by atoms with E-state index in [4.69, 9.17) is 11.6 Å². The molecular formula is C20H21Cl2N3. The maximum atomic E-state index is 6.50. The second-order valence-corrected chi connectivity index (χ2v) is 6.56. The maximum absolute atomic E-state index is 6.50. The number of aromatic nitrogens is 1. The van der Waals surface area contributed by atoms with Gasteiger partial charge in [0.25, 0.3) is 0 Å². The summed E-state index contributed by atoms with van der Waals surface area (Å²) in [7, 11) is 0. The van der Waals surface area contributed by atoms with Crippen molar-refractivity contribution in [3.05, 3.63) is 70.4 Å². The zero-order valence-corrected chi connectivity index (χ0v) is 15.5. The van der Waals surface area contributed by atoms with Crippen molar-refractivity contribution in [3.63, 3.8) is 0 Å². The summed E-state index contributed by atoms with van der Waals surface area (Å²) in [5, 5.41) is 9.00. The first-order valence-electron chi connectivity index (χ1n) is 8.40. The predicted molar refractivity (Wildman–Crippen MR) is 108 cm³/mol. The fourth-order valence-corrected chi connectivity index (χ4v) is 3.67. The summed E-state index contributed by atoms with van der Waals surface area (Å²) in [6.45, 7) is 2.75. The largest absolute Gasteiger partial charge is 0.379 e. The van der Waals surface area contributed by atoms with E-state index >= 15 is 0 Å². The van der Waals surface area contributed by atoms with E-state index in [9.17, 15) is 0 Å². The van der Waals surface area contributed by atoms with Crippen molar-refractivity contribution in [2.24, 2.45) is 0 Å². The Labute approximate surface area is 159 Å². The van der Waals surface area contributed by atoms with Crippen molar-refractivity contribution in [1.29, 1.82) is 0 Å². The molecule has 0 unspecified atom stereocenters. The topological polar surface area (TPSA) is 37.0 Å². The molecule has 0 saturated heterocycles. The maximum Gasteiger partial charge on any atom is 0.0751 e. The highest BCUT2D eigenvalue weighted by atomic mass is 35.5. The molecule has 0 bridgehead atoms. The first-order chi connectivity index (χ1) is 11.8. The summed E-state index contributed by atoms with van der Waals surface area (Å²) in [6.07, 6.45) is 3.90. The molecule has 2 aromatic carbocycles. The Bertz CT molecular complexity index is 875. The van der Waals surface area contributed by atoms with Gasteiger partial charge in [0.1, 0.15) is 0 Å². The second-order valence-electron chi connectivity index (χ2n) is 6.16. The van der Waals surface area contributed by atoms with E-state index in [0.717, 1.165) is 48.7 Å². The second kappa shape index (κ2) is 8.05. The van der Waals surface area contributed by atoms with Crippen LogP contribution in [-0.2, 0) is 19.4 Å². The van der Waals surface area contributed by atoms with Crippen LogP contribution in [0.25, 0.3) is 10.9 Å². The SMILES string of the molecule is Cl.Clc1ccc2c(c1NCc1cccc3cccnc13)CCNCC2. The van der Waals surface area contributed by atoms with Crippen LogP contribution in [0.3, 0.4) is 0 Å². The number of halogens is 2. The molecule has 0 spiro atoms. The molecule has 0 fully saturated rings. The van der Waals surface area contributed by atoms with Gasteiger partial charge < -0.3 is 10.6 Å². The van der Waals surface area contributed by atoms with Gasteiger partial charge in [0.15, 0.2) is 0 Å². The number of nitrogens with zero attached hydrogens (tertiary/aromatic N) is 1. The van der Waals surface area contributed by atoms with Crippen LogP contribution in [0, 0.1) is 0 Å². The average Bonchev–Trinajstić information content (AvgIpc) is 2.86. The van der Waals surface area contributed by atoms with Crippen LogP contribution < -0.4 is 10.6 Å². The minimum absolute atomic E-state index is 0. The van der Waals surface area contributed by atoms with Crippen LogP contribution in [0.15, 0.2) is 48.7 Å². The van der Waals surface area contributed by atoms with Crippen LogP contribution in [0.1, 0.15) is 16.7 Å². The highest BCUT2D eigenvalue weighted by molar-refractivity contribution is 6.33. The van der Waals surface area contributed by atoms with Crippen molar-refractivity contribution in [2.45, 2.75) is 19.4 Å². The molecule has 2 heterocycles. The van der Waals surface area contributed by atoms with Gasteiger partial charge >= 0.3 is 0 Å². The number of hydrogen-bond donors (Lipinski definition) is 2. The Morgan fingerprint density at radius 2 is 1.88 bits per heavy atom. The van der Waals surface area contributed by atoms with Gasteiger partial charge in [-0.3, -0.25) is 4.98 Å². The number of anilines is 1. The number of hydrogen-bond acceptors (Lipinski definition) is 3. The highest BCUT2D eigenvalue weighted by Gasteiger charge is 2.15. The molecule has 4 rings (SSSR count). The Balaban J connectivity index is 0.00000182. The summed E-state index contributed by atoms with van der Waals surface area (Å²) in [6, 6.07) is 14.5. The van der Waals surface area contributed by atoms with Crippen LogP contribution in [-0.4, -0.2) is 18.1 Å². The van der Waals surface area contributed by atoms with Crippen LogP contribution in [0.4, 0.5) is 5.69 Å². The molecule has 3 nitrogen and oxygen atoms in total. The van der Waals surface area contributed by atoms with E-state index in [1.165, 1.54) is 22.1 Å². The summed E-state index contributed by atoms with van der Waals surface area (Å²) in [5.74, 6) is 0. The lowest BCUT2D eigenvalue weighted by molar-refractivity contribution is 0.711. The van der Waals surface area contributed by atoms with Crippen LogP contribution >= 0.6 is 24.0 Å². The van der Waals surface area contributed by atoms with Crippen molar-refractivity contribution in [2.75, 3.05) is 18.4 Å². The molecule has 0 radical (unpaired) electrons. The Kier molecular flexibility index (Phi) is 5.79. The van der Waals surface area contributed by atoms with Crippen molar-refractivity contribution in [1.82, 2.24) is 10.3 Å². The first kappa shape index (κ1) is 18.0. The van der Waals surface area contributed by atoms with E-state index in [1.807, 2.05) is 18.3 Å². The zero-order chi connectivity index (χ0) is 16.4. The third-order valence-electron chi connectivity index (χ3n) is 4.65. The lowest BCUT2D eigenvalue weighted by atomic mass is 10.0. The molecule has 0 atom stereocenters. The summed E-state index contributed by atoms with van der Waals surface area (Å²) >= 11 is 6.50. The zero-order valence-electron chi connectivity index (χ0n) is 13.9. The van der Waals surface area contributed by atoms with Gasteiger partial charge in [-0.1, -0.05) is 41.9 Å². The molecular weight excluding hydrogens is 353 g/mol. The number of nitrogens with one attached hydrogen (secondary N) is 2. The van der Waals surface area contributed by atoms with Crippen LogP contribution in [0.5, 0.6) is 0 Å². The predicted octanol–water partition coefficient (Wildman–Crippen LogP) is 4.61. The Morgan fingerprint density at radius 3 is 2.80 bits per heavy atom. The highest BCUT2D eigenvalue weighted by Crippen LogP contribution is 2.31. The smallest absolute Gasteiger partial charge is 0.0751 e. The molecule has 3 aromatic rings. The molecule has 1 aliphatic rings. The first-order valence-corrected chi connectivity index (χ1v) is 8.78. The normalized spacial score (nSPS) is 13.6. The summed E-state index contributed by atoms with van der Waals surface area (Å²) in [5.41, 5.74) is 6.05. The number of para-hydroxylation sites is 1. The van der Waals surface area contributed by atoms with Crippen LogP contribution in [0.2, 0.25) is 5.02 Å². The van der Waals surface area contributed by atoms with Gasteiger partial charge in [-0.15, -0.1) is 12.4 Å². The van der Waals surface area contributed by atoms with Gasteiger partial charge in [-0.25, -0.2) is 0 Å². The number of rotatable bonds is 3. The third-order valence-corrected chi connectivity index (χ3v) is 4.97. The minimum atomic E-state index is 0. The summed E-state index contributed by atoms with van der Waals surface area (Å²) < 4.78 is 0. The minimum Gasteiger partial charge on any atom is -0.379 e. The van der Waals surface area contributed by atoms with Crippen molar-refractivity contribution in [3.8, 4) is 0 Å². The lowest BCUT2D eigenvalue weighted by Gasteiger charge is -2.16. The number of benzene rings is 2. The molecule has 130 valence electrons. The molecule has 5 heteroatoms. The van der Waals surface area contributed by atoms with E-state index < -0.39 is 0 Å². The third kappa shape index (κ3) is 3.74. The molecule has 2 N–H and O–H groups in total. The van der Waals surface area contributed by atoms with Gasteiger partial charge in [-0.2, -0.15) is 0 Å². The fourth-order valence-electron chi connectivity index (χ4n) is 3.43. The van der Waals surface area contributed by atoms with Gasteiger partial charge in [0, 0.05) is 18.1 Å². The molecule has 0 saturated carbocycles. The van der Waals surface area contributed by atoms with Crippen molar-refractivity contribution < 1.29 is 0 Å². The van der Waals surface area contributed by atoms with Gasteiger partial charge in [0.05, 0.1) is 16.2 Å². The standard InChI is InChI=1S/C20H20ClN3.ClH/c21-18-7-6-14-8-11-22-12-9-17(14)20(18)24-13-16-4-1-3-15-5-2-10-23-19(15)16;/h1-7,10,22,24H,8-9,11-13H2;1H. The van der Waals surface area contributed by atoms with Gasteiger partial charge in [0.2, 0.25) is 0 Å². The summed E-state index contributed by atoms with van der Waals surface area (Å²) in [4.78, 5) is 4.54. The van der Waals surface area contributed by atoms with E-state index in [1.54, 1.807) is 0 Å². The molecule has 0 aliphatic carbocycles. The Morgan fingerprint density at radius 1 is 1.04 bits per heavy atom. The van der Waals surface area contributed by atoms with Gasteiger partial charge in [-0.05, 0) is 54.8 Å². The quantitative estimate of drug-likeness (QED) is 0.703. The lowest BCUT2D eigenvalue weighted by Crippen LogP contribution is -2.16. The van der Waals surface area contributed by atoms with E-state index in [2.05, 4.69) is 45.9 Å². The average molecular weight is 374 g/mol. The van der Waals surface area contributed by atoms with Crippen molar-refractivity contribution >= 4 is 40.6 Å². The van der Waals surface area contributed by atoms with E-state index in [-0.39, 0.29) is 12.4 Å². The molecule has 25 heavy (non-hydrogen) atoms. The molecule has 0 amide bonds. The number of fused-ring (bicyclic) bond motifs is 2. The molecule has 1 aromatic heterocycles.